The second-order valence-corrected chi connectivity index (χ2v) is 7.39. The Labute approximate surface area is 147 Å². The third kappa shape index (κ3) is 3.89. The first-order valence-corrected chi connectivity index (χ1v) is 9.36. The number of aliphatic imine (C=N–C) groups is 1. The Morgan fingerprint density at radius 2 is 2.33 bits per heavy atom. The second kappa shape index (κ2) is 7.98. The molecule has 2 aliphatic heterocycles. The molecule has 6 nitrogen and oxygen atoms in total. The van der Waals surface area contributed by atoms with Crippen LogP contribution in [0.2, 0.25) is 0 Å². The molecule has 1 saturated heterocycles. The summed E-state index contributed by atoms with van der Waals surface area (Å²) in [6.07, 6.45) is 2.08. The predicted molar refractivity (Wildman–Crippen MR) is 96.4 cm³/mol. The zero-order valence-electron chi connectivity index (χ0n) is 14.5. The van der Waals surface area contributed by atoms with Crippen molar-refractivity contribution in [3.05, 3.63) is 21.9 Å². The predicted octanol–water partition coefficient (Wildman–Crippen LogP) is 1.18. The van der Waals surface area contributed by atoms with Crippen LogP contribution in [0.4, 0.5) is 0 Å². The van der Waals surface area contributed by atoms with Gasteiger partial charge >= 0.3 is 0 Å². The fourth-order valence-corrected chi connectivity index (χ4v) is 4.35. The van der Waals surface area contributed by atoms with Crippen molar-refractivity contribution in [3.8, 4) is 0 Å². The summed E-state index contributed by atoms with van der Waals surface area (Å²) in [5, 5.41) is 5.35. The van der Waals surface area contributed by atoms with E-state index in [2.05, 4.69) is 26.7 Å². The normalized spacial score (nSPS) is 21.1. The van der Waals surface area contributed by atoms with Gasteiger partial charge in [0.05, 0.1) is 13.2 Å². The summed E-state index contributed by atoms with van der Waals surface area (Å²) in [4.78, 5) is 22.4. The molecule has 0 saturated carbocycles. The van der Waals surface area contributed by atoms with Gasteiger partial charge in [0.1, 0.15) is 0 Å². The van der Waals surface area contributed by atoms with E-state index in [1.807, 2.05) is 4.90 Å². The van der Waals surface area contributed by atoms with Crippen LogP contribution < -0.4 is 5.32 Å². The van der Waals surface area contributed by atoms with E-state index in [-0.39, 0.29) is 5.91 Å². The molecule has 0 aliphatic carbocycles. The number of ether oxygens (including phenoxy) is 1. The number of carbonyl (C=O) groups excluding carboxylic acids is 1. The number of guanidine groups is 1. The van der Waals surface area contributed by atoms with Crippen molar-refractivity contribution < 1.29 is 9.53 Å². The number of thiophene rings is 1. The van der Waals surface area contributed by atoms with Gasteiger partial charge in [0, 0.05) is 51.1 Å². The van der Waals surface area contributed by atoms with Crippen molar-refractivity contribution in [2.45, 2.75) is 19.4 Å². The number of likely N-dealkylation sites (tertiary alicyclic amines) is 1. The topological polar surface area (TPSA) is 57.2 Å². The van der Waals surface area contributed by atoms with Crippen molar-refractivity contribution in [2.75, 3.05) is 46.9 Å². The van der Waals surface area contributed by atoms with Crippen molar-refractivity contribution in [2.24, 2.45) is 10.9 Å². The van der Waals surface area contributed by atoms with E-state index in [9.17, 15) is 4.79 Å². The summed E-state index contributed by atoms with van der Waals surface area (Å²) < 4.78 is 5.24. The third-order valence-electron chi connectivity index (χ3n) is 4.76. The van der Waals surface area contributed by atoms with Crippen molar-refractivity contribution in [1.29, 1.82) is 0 Å². The molecule has 0 spiro atoms. The molecule has 0 aromatic carbocycles. The second-order valence-electron chi connectivity index (χ2n) is 6.39. The molecule has 3 heterocycles. The van der Waals surface area contributed by atoms with Gasteiger partial charge < -0.3 is 19.9 Å². The third-order valence-corrected chi connectivity index (χ3v) is 5.78. The van der Waals surface area contributed by atoms with E-state index in [0.717, 1.165) is 51.6 Å². The lowest BCUT2D eigenvalue weighted by Gasteiger charge is -2.28. The Morgan fingerprint density at radius 1 is 1.46 bits per heavy atom. The standard InChI is InChI=1S/C17H26N4O2S/c1-18-17(21-6-3-13(10-21)12-23-2)19-9-16(22)20-7-4-15-14(11-20)5-8-24-15/h5,8,13H,3-4,6-7,9-12H2,1-2H3,(H,18,19). The molecular weight excluding hydrogens is 324 g/mol. The van der Waals surface area contributed by atoms with Gasteiger partial charge in [0.15, 0.2) is 5.96 Å². The number of hydrogen-bond acceptors (Lipinski definition) is 4. The van der Waals surface area contributed by atoms with Crippen LogP contribution in [0.3, 0.4) is 0 Å². The Bertz CT molecular complexity index is 601. The van der Waals surface area contributed by atoms with Gasteiger partial charge in [-0.1, -0.05) is 0 Å². The Morgan fingerprint density at radius 3 is 3.12 bits per heavy atom. The van der Waals surface area contributed by atoms with Crippen LogP contribution in [0.15, 0.2) is 16.4 Å². The number of hydrogen-bond donors (Lipinski definition) is 1. The number of amides is 1. The fraction of sp³-hybridized carbons (Fsp3) is 0.647. The minimum absolute atomic E-state index is 0.139. The van der Waals surface area contributed by atoms with Crippen molar-refractivity contribution in [3.63, 3.8) is 0 Å². The minimum Gasteiger partial charge on any atom is -0.384 e. The molecule has 1 amide bonds. The smallest absolute Gasteiger partial charge is 0.242 e. The van der Waals surface area contributed by atoms with E-state index in [1.54, 1.807) is 25.5 Å². The summed E-state index contributed by atoms with van der Waals surface area (Å²) in [5.74, 6) is 1.50. The van der Waals surface area contributed by atoms with Crippen LogP contribution in [0.5, 0.6) is 0 Å². The summed E-state index contributed by atoms with van der Waals surface area (Å²) in [6, 6.07) is 2.13. The molecule has 132 valence electrons. The molecule has 1 aromatic rings. The van der Waals surface area contributed by atoms with Crippen LogP contribution in [-0.4, -0.2) is 68.6 Å². The highest BCUT2D eigenvalue weighted by molar-refractivity contribution is 7.10. The van der Waals surface area contributed by atoms with Crippen LogP contribution in [0.25, 0.3) is 0 Å². The van der Waals surface area contributed by atoms with Crippen molar-refractivity contribution >= 4 is 23.2 Å². The number of nitrogens with one attached hydrogen (secondary N) is 1. The lowest BCUT2D eigenvalue weighted by Crippen LogP contribution is -2.46. The van der Waals surface area contributed by atoms with Gasteiger partial charge in [-0.15, -0.1) is 11.3 Å². The highest BCUT2D eigenvalue weighted by Crippen LogP contribution is 2.23. The minimum atomic E-state index is 0.139. The molecular formula is C17H26N4O2S. The van der Waals surface area contributed by atoms with Gasteiger partial charge in [-0.25, -0.2) is 0 Å². The quantitative estimate of drug-likeness (QED) is 0.654. The van der Waals surface area contributed by atoms with Crippen molar-refractivity contribution in [1.82, 2.24) is 15.1 Å². The molecule has 7 heteroatoms. The summed E-state index contributed by atoms with van der Waals surface area (Å²) in [7, 11) is 3.51. The largest absolute Gasteiger partial charge is 0.384 e. The molecule has 3 rings (SSSR count). The monoisotopic (exact) mass is 350 g/mol. The number of nitrogens with zero attached hydrogens (tertiary/aromatic N) is 3. The van der Waals surface area contributed by atoms with E-state index in [4.69, 9.17) is 4.74 Å². The van der Waals surface area contributed by atoms with Crippen LogP contribution in [0.1, 0.15) is 16.9 Å². The number of methoxy groups -OCH3 is 1. The fourth-order valence-electron chi connectivity index (χ4n) is 3.46. The zero-order chi connectivity index (χ0) is 16.9. The van der Waals surface area contributed by atoms with E-state index < -0.39 is 0 Å². The van der Waals surface area contributed by atoms with Gasteiger partial charge in [-0.05, 0) is 29.9 Å². The van der Waals surface area contributed by atoms with E-state index >= 15 is 0 Å². The maximum atomic E-state index is 12.5. The average Bonchev–Trinajstić information content (AvgIpc) is 3.24. The number of fused-ring (bicyclic) bond motifs is 1. The number of rotatable bonds is 4. The average molecular weight is 350 g/mol. The van der Waals surface area contributed by atoms with Gasteiger partial charge in [0.25, 0.3) is 0 Å². The van der Waals surface area contributed by atoms with Crippen LogP contribution in [-0.2, 0) is 22.5 Å². The van der Waals surface area contributed by atoms with Gasteiger partial charge in [-0.3, -0.25) is 9.79 Å². The lowest BCUT2D eigenvalue weighted by atomic mass is 10.1. The Hall–Kier alpha value is -1.60. The van der Waals surface area contributed by atoms with Crippen LogP contribution in [0, 0.1) is 5.92 Å². The van der Waals surface area contributed by atoms with E-state index in [0.29, 0.717) is 12.5 Å². The molecule has 1 N–H and O–H groups in total. The molecule has 0 radical (unpaired) electrons. The summed E-state index contributed by atoms with van der Waals surface area (Å²) >= 11 is 1.79. The molecule has 1 unspecified atom stereocenters. The molecule has 24 heavy (non-hydrogen) atoms. The molecule has 0 bridgehead atoms. The first kappa shape index (κ1) is 17.2. The molecule has 1 atom stereocenters. The van der Waals surface area contributed by atoms with E-state index in [1.165, 1.54) is 10.4 Å². The summed E-state index contributed by atoms with van der Waals surface area (Å²) in [6.45, 7) is 4.53. The first-order chi connectivity index (χ1) is 11.7. The highest BCUT2D eigenvalue weighted by Gasteiger charge is 2.26. The lowest BCUT2D eigenvalue weighted by molar-refractivity contribution is -0.130. The van der Waals surface area contributed by atoms with Gasteiger partial charge in [0.2, 0.25) is 5.91 Å². The van der Waals surface area contributed by atoms with Gasteiger partial charge in [-0.2, -0.15) is 0 Å². The SMILES string of the molecule is CN=C(NCC(=O)N1CCc2sccc2C1)N1CCC(COC)C1. The summed E-state index contributed by atoms with van der Waals surface area (Å²) in [5.41, 5.74) is 1.30. The van der Waals surface area contributed by atoms with Crippen LogP contribution >= 0.6 is 11.3 Å². The molecule has 1 aromatic heterocycles. The maximum Gasteiger partial charge on any atom is 0.242 e. The zero-order valence-corrected chi connectivity index (χ0v) is 15.3. The molecule has 1 fully saturated rings. The first-order valence-electron chi connectivity index (χ1n) is 8.48. The highest BCUT2D eigenvalue weighted by atomic mass is 32.1. The Kier molecular flexibility index (Phi) is 5.73. The Balaban J connectivity index is 1.49. The number of carbonyl (C=O) groups is 1. The maximum absolute atomic E-state index is 12.5. The molecule has 2 aliphatic rings.